The molecule has 4 N–H and O–H groups in total. The van der Waals surface area contributed by atoms with Gasteiger partial charge < -0.3 is 20.6 Å². The van der Waals surface area contributed by atoms with Crippen LogP contribution in [0.25, 0.3) is 22.2 Å². The minimum atomic E-state index is -0.173. The molecule has 1 aliphatic rings. The molecule has 1 fully saturated rings. The highest BCUT2D eigenvalue weighted by atomic mass is 32.2. The van der Waals surface area contributed by atoms with Crippen molar-refractivity contribution in [1.29, 1.82) is 0 Å². The second-order valence-electron chi connectivity index (χ2n) is 7.57. The summed E-state index contributed by atoms with van der Waals surface area (Å²) in [5.41, 5.74) is 7.74. The molecular weight excluding hydrogens is 388 g/mol. The molecule has 0 radical (unpaired) electrons. The van der Waals surface area contributed by atoms with E-state index in [1.807, 2.05) is 18.2 Å². The number of fused-ring (bicyclic) bond motifs is 2. The molecule has 3 aromatic heterocycles. The van der Waals surface area contributed by atoms with Gasteiger partial charge in [-0.2, -0.15) is 4.98 Å². The average Bonchev–Trinajstić information content (AvgIpc) is 3.11. The van der Waals surface area contributed by atoms with E-state index in [-0.39, 0.29) is 11.1 Å². The highest BCUT2D eigenvalue weighted by Crippen LogP contribution is 2.26. The van der Waals surface area contributed by atoms with Crippen LogP contribution < -0.4 is 16.2 Å². The molecule has 1 aromatic carbocycles. The van der Waals surface area contributed by atoms with Crippen molar-refractivity contribution >= 4 is 39.9 Å². The summed E-state index contributed by atoms with van der Waals surface area (Å²) in [5, 5.41) is 1.66. The predicted molar refractivity (Wildman–Crippen MR) is 112 cm³/mol. The Hall–Kier alpha value is -2.98. The van der Waals surface area contributed by atoms with Gasteiger partial charge in [0.2, 0.25) is 5.95 Å². The van der Waals surface area contributed by atoms with Crippen molar-refractivity contribution in [3.63, 3.8) is 0 Å². The molecule has 0 unspecified atom stereocenters. The molecule has 148 valence electrons. The number of nitrogens with zero attached hydrogens (tertiary/aromatic N) is 5. The minimum absolute atomic E-state index is 0.118. The summed E-state index contributed by atoms with van der Waals surface area (Å²) in [5.74, 6) is 0.759. The van der Waals surface area contributed by atoms with Crippen molar-refractivity contribution in [2.24, 2.45) is 5.73 Å². The van der Waals surface area contributed by atoms with Crippen molar-refractivity contribution in [2.45, 2.75) is 35.5 Å². The van der Waals surface area contributed by atoms with E-state index in [1.165, 1.54) is 11.8 Å². The normalized spacial score (nSPS) is 16.6. The molecule has 29 heavy (non-hydrogen) atoms. The number of rotatable bonds is 3. The Balaban J connectivity index is 1.41. The van der Waals surface area contributed by atoms with E-state index in [0.29, 0.717) is 32.4 Å². The van der Waals surface area contributed by atoms with Crippen LogP contribution in [0.3, 0.4) is 0 Å². The van der Waals surface area contributed by atoms with Gasteiger partial charge in [0.25, 0.3) is 5.56 Å². The molecule has 0 aliphatic carbocycles. The molecule has 4 heterocycles. The molecule has 0 saturated carbocycles. The number of benzene rings is 1. The topological polar surface area (TPSA) is 129 Å². The zero-order valence-corrected chi connectivity index (χ0v) is 16.7. The van der Waals surface area contributed by atoms with Gasteiger partial charge in [0.15, 0.2) is 16.5 Å². The molecule has 0 bridgehead atoms. The molecule has 4 aromatic rings. The second kappa shape index (κ2) is 6.82. The number of imidazole rings is 1. The van der Waals surface area contributed by atoms with Crippen molar-refractivity contribution in [1.82, 2.24) is 29.9 Å². The number of aromatic nitrogens is 6. The summed E-state index contributed by atoms with van der Waals surface area (Å²) in [4.78, 5) is 38.5. The van der Waals surface area contributed by atoms with E-state index in [9.17, 15) is 4.79 Å². The number of aromatic amines is 2. The van der Waals surface area contributed by atoms with Gasteiger partial charge >= 0.3 is 0 Å². The molecule has 5 rings (SSSR count). The molecule has 0 atom stereocenters. The van der Waals surface area contributed by atoms with Gasteiger partial charge in [-0.15, -0.1) is 0 Å². The summed E-state index contributed by atoms with van der Waals surface area (Å²) >= 11 is 1.26. The summed E-state index contributed by atoms with van der Waals surface area (Å²) < 4.78 is 0. The number of nitrogens with two attached hydrogens (primary N) is 1. The van der Waals surface area contributed by atoms with Gasteiger partial charge in [0.05, 0.1) is 17.1 Å². The van der Waals surface area contributed by atoms with Crippen LogP contribution in [-0.4, -0.2) is 48.5 Å². The molecule has 1 aliphatic heterocycles. The van der Waals surface area contributed by atoms with Crippen LogP contribution in [0.2, 0.25) is 0 Å². The third-order valence-electron chi connectivity index (χ3n) is 5.17. The number of piperidine rings is 1. The Morgan fingerprint density at radius 1 is 1.14 bits per heavy atom. The standard InChI is InChI=1S/C19H20N8OS/c1-19(20)6-8-27(9-7-19)17-24-14-15(25-17)23-13(10-21-14)29-18-22-12-5-3-2-4-11(12)16(28)26-18/h2-5,10H,6-9,20H2,1H3,(H,22,26,28)(H,21,23,24,25). The number of H-pyrrole nitrogens is 2. The lowest BCUT2D eigenvalue weighted by molar-refractivity contribution is 0.362. The van der Waals surface area contributed by atoms with Crippen molar-refractivity contribution < 1.29 is 0 Å². The highest BCUT2D eigenvalue weighted by Gasteiger charge is 2.27. The SMILES string of the molecule is CC1(N)CCN(c2nc3ncc(Sc4nc5ccccc5c(=O)[nH]4)nc3[nH]2)CC1. The fourth-order valence-electron chi connectivity index (χ4n) is 3.41. The van der Waals surface area contributed by atoms with Crippen LogP contribution in [0.5, 0.6) is 0 Å². The smallest absolute Gasteiger partial charge is 0.259 e. The first-order valence-electron chi connectivity index (χ1n) is 9.40. The first-order chi connectivity index (χ1) is 14.0. The van der Waals surface area contributed by atoms with Crippen LogP contribution in [0, 0.1) is 0 Å². The summed E-state index contributed by atoms with van der Waals surface area (Å²) in [6, 6.07) is 7.24. The van der Waals surface area contributed by atoms with E-state index in [1.54, 1.807) is 12.3 Å². The fourth-order valence-corrected chi connectivity index (χ4v) is 4.14. The predicted octanol–water partition coefficient (Wildman–Crippen LogP) is 2.06. The summed E-state index contributed by atoms with van der Waals surface area (Å²) in [6.07, 6.45) is 3.46. The number of para-hydroxylation sites is 1. The van der Waals surface area contributed by atoms with Gasteiger partial charge in [-0.05, 0) is 43.7 Å². The van der Waals surface area contributed by atoms with Gasteiger partial charge in [-0.25, -0.2) is 15.0 Å². The van der Waals surface area contributed by atoms with Crippen LogP contribution in [-0.2, 0) is 0 Å². The maximum absolute atomic E-state index is 12.3. The van der Waals surface area contributed by atoms with Gasteiger partial charge in [0.1, 0.15) is 5.03 Å². The van der Waals surface area contributed by atoms with Crippen molar-refractivity contribution in [3.05, 3.63) is 40.8 Å². The second-order valence-corrected chi connectivity index (χ2v) is 8.58. The van der Waals surface area contributed by atoms with E-state index in [2.05, 4.69) is 41.7 Å². The lowest BCUT2D eigenvalue weighted by Crippen LogP contribution is -2.48. The molecule has 9 nitrogen and oxygen atoms in total. The number of anilines is 1. The largest absolute Gasteiger partial charge is 0.342 e. The number of hydrogen-bond acceptors (Lipinski definition) is 8. The zero-order valence-electron chi connectivity index (χ0n) is 15.8. The lowest BCUT2D eigenvalue weighted by Gasteiger charge is -2.36. The number of nitrogens with one attached hydrogen (secondary N) is 2. The van der Waals surface area contributed by atoms with Crippen molar-refractivity contribution in [2.75, 3.05) is 18.0 Å². The van der Waals surface area contributed by atoms with E-state index in [0.717, 1.165) is 31.9 Å². The molecule has 0 spiro atoms. The zero-order chi connectivity index (χ0) is 20.0. The lowest BCUT2D eigenvalue weighted by atomic mass is 9.91. The van der Waals surface area contributed by atoms with Gasteiger partial charge in [-0.1, -0.05) is 12.1 Å². The average molecular weight is 408 g/mol. The Morgan fingerprint density at radius 2 is 1.93 bits per heavy atom. The molecule has 1 saturated heterocycles. The first kappa shape index (κ1) is 18.1. The Bertz CT molecular complexity index is 1250. The Morgan fingerprint density at radius 3 is 2.76 bits per heavy atom. The highest BCUT2D eigenvalue weighted by molar-refractivity contribution is 7.99. The van der Waals surface area contributed by atoms with E-state index in [4.69, 9.17) is 5.73 Å². The monoisotopic (exact) mass is 408 g/mol. The van der Waals surface area contributed by atoms with Gasteiger partial charge in [-0.3, -0.25) is 4.79 Å². The summed E-state index contributed by atoms with van der Waals surface area (Å²) in [6.45, 7) is 3.77. The molecular formula is C19H20N8OS. The third-order valence-corrected chi connectivity index (χ3v) is 5.96. The third kappa shape index (κ3) is 3.56. The van der Waals surface area contributed by atoms with Gasteiger partial charge in [0, 0.05) is 18.6 Å². The minimum Gasteiger partial charge on any atom is -0.342 e. The van der Waals surface area contributed by atoms with E-state index >= 15 is 0 Å². The molecule has 10 heteroatoms. The quantitative estimate of drug-likeness (QED) is 0.439. The van der Waals surface area contributed by atoms with E-state index < -0.39 is 0 Å². The number of hydrogen-bond donors (Lipinski definition) is 3. The maximum Gasteiger partial charge on any atom is 0.259 e. The molecule has 0 amide bonds. The Kier molecular flexibility index (Phi) is 4.25. The Labute approximate surface area is 170 Å². The maximum atomic E-state index is 12.3. The van der Waals surface area contributed by atoms with Crippen molar-refractivity contribution in [3.8, 4) is 0 Å². The summed E-state index contributed by atoms with van der Waals surface area (Å²) in [7, 11) is 0. The fraction of sp³-hybridized carbons (Fsp3) is 0.316. The first-order valence-corrected chi connectivity index (χ1v) is 10.2. The van der Waals surface area contributed by atoms with Crippen LogP contribution in [0.15, 0.2) is 45.4 Å². The van der Waals surface area contributed by atoms with Crippen LogP contribution in [0.4, 0.5) is 5.95 Å². The van der Waals surface area contributed by atoms with Crippen LogP contribution in [0.1, 0.15) is 19.8 Å². The van der Waals surface area contributed by atoms with Crippen LogP contribution >= 0.6 is 11.8 Å².